The third-order valence-corrected chi connectivity index (χ3v) is 4.01. The molecule has 1 aromatic carbocycles. The van der Waals surface area contributed by atoms with E-state index in [4.69, 9.17) is 0 Å². The van der Waals surface area contributed by atoms with E-state index >= 15 is 0 Å². The summed E-state index contributed by atoms with van der Waals surface area (Å²) in [6.07, 6.45) is -0.460. The van der Waals surface area contributed by atoms with Crippen molar-refractivity contribution in [3.05, 3.63) is 35.7 Å². The molecule has 0 aliphatic rings. The van der Waals surface area contributed by atoms with E-state index in [1.54, 1.807) is 18.7 Å². The Balaban J connectivity index is 2.27. The Morgan fingerprint density at radius 3 is 2.75 bits per heavy atom. The Kier molecular flexibility index (Phi) is 3.58. The number of nitrogens with zero attached hydrogens (tertiary/aromatic N) is 2. The molecule has 0 fully saturated rings. The number of benzene rings is 1. The number of hydrogen-bond acceptors (Lipinski definition) is 5. The minimum absolute atomic E-state index is 0.460. The number of rotatable bonds is 3. The van der Waals surface area contributed by atoms with Crippen LogP contribution in [0.4, 0.5) is 0 Å². The Labute approximate surface area is 103 Å². The first-order valence-corrected chi connectivity index (χ1v) is 6.51. The summed E-state index contributed by atoms with van der Waals surface area (Å²) in [7, 11) is 0. The number of aromatic nitrogens is 2. The minimum atomic E-state index is -0.460. The van der Waals surface area contributed by atoms with E-state index in [1.165, 1.54) is 11.5 Å². The monoisotopic (exact) mass is 252 g/mol. The van der Waals surface area contributed by atoms with Crippen molar-refractivity contribution in [1.82, 2.24) is 9.36 Å². The van der Waals surface area contributed by atoms with Crippen LogP contribution in [0, 0.1) is 6.92 Å². The first-order valence-electron chi connectivity index (χ1n) is 4.92. The first-order chi connectivity index (χ1) is 7.66. The van der Waals surface area contributed by atoms with Gasteiger partial charge in [-0.15, -0.1) is 0 Å². The zero-order valence-electron chi connectivity index (χ0n) is 9.04. The lowest BCUT2D eigenvalue weighted by molar-refractivity contribution is 0.196. The molecule has 3 nitrogen and oxygen atoms in total. The van der Waals surface area contributed by atoms with Gasteiger partial charge in [-0.1, -0.05) is 30.0 Å². The minimum Gasteiger partial charge on any atom is -0.389 e. The van der Waals surface area contributed by atoms with Crippen LogP contribution >= 0.6 is 23.3 Å². The fraction of sp³-hybridized carbons (Fsp3) is 0.273. The van der Waals surface area contributed by atoms with E-state index < -0.39 is 6.10 Å². The van der Waals surface area contributed by atoms with Crippen molar-refractivity contribution in [1.29, 1.82) is 0 Å². The van der Waals surface area contributed by atoms with Crippen molar-refractivity contribution in [2.45, 2.75) is 29.2 Å². The molecule has 0 saturated carbocycles. The molecule has 1 atom stereocenters. The molecule has 0 unspecified atom stereocenters. The molecule has 1 N–H and O–H groups in total. The van der Waals surface area contributed by atoms with Crippen molar-refractivity contribution in [3.8, 4) is 0 Å². The van der Waals surface area contributed by atoms with Gasteiger partial charge in [0, 0.05) is 4.90 Å². The van der Waals surface area contributed by atoms with Crippen molar-refractivity contribution < 1.29 is 5.11 Å². The highest BCUT2D eigenvalue weighted by atomic mass is 32.2. The van der Waals surface area contributed by atoms with E-state index in [0.717, 1.165) is 20.6 Å². The topological polar surface area (TPSA) is 46.0 Å². The molecule has 2 aromatic rings. The molecule has 0 saturated heterocycles. The summed E-state index contributed by atoms with van der Waals surface area (Å²) < 4.78 is 5.04. The molecule has 5 heteroatoms. The summed E-state index contributed by atoms with van der Waals surface area (Å²) in [5, 5.41) is 9.64. The molecular formula is C11H12N2OS2. The summed E-state index contributed by atoms with van der Waals surface area (Å²) in [5.74, 6) is 0.794. The highest BCUT2D eigenvalue weighted by Crippen LogP contribution is 2.33. The van der Waals surface area contributed by atoms with Gasteiger partial charge >= 0.3 is 0 Å². The van der Waals surface area contributed by atoms with E-state index in [1.807, 2.05) is 31.2 Å². The van der Waals surface area contributed by atoms with Crippen LogP contribution in [0.3, 0.4) is 0 Å². The van der Waals surface area contributed by atoms with Gasteiger partial charge in [-0.2, -0.15) is 4.37 Å². The van der Waals surface area contributed by atoms with Crippen molar-refractivity contribution in [2.24, 2.45) is 0 Å². The van der Waals surface area contributed by atoms with Gasteiger partial charge in [0.25, 0.3) is 0 Å². The molecule has 0 aliphatic heterocycles. The third-order valence-electron chi connectivity index (χ3n) is 2.08. The SMILES string of the molecule is Cc1nsc(Sc2ccccc2[C@H](C)O)n1. The summed E-state index contributed by atoms with van der Waals surface area (Å²) in [6.45, 7) is 3.64. The predicted octanol–water partition coefficient (Wildman–Crippen LogP) is 3.05. The van der Waals surface area contributed by atoms with Crippen molar-refractivity contribution in [3.63, 3.8) is 0 Å². The largest absolute Gasteiger partial charge is 0.389 e. The number of aryl methyl sites for hydroxylation is 1. The normalized spacial score (nSPS) is 12.7. The fourth-order valence-electron chi connectivity index (χ4n) is 1.33. The van der Waals surface area contributed by atoms with Crippen LogP contribution in [0.25, 0.3) is 0 Å². The first kappa shape index (κ1) is 11.6. The van der Waals surface area contributed by atoms with Gasteiger partial charge < -0.3 is 5.11 Å². The molecule has 0 radical (unpaired) electrons. The molecule has 0 spiro atoms. The Bertz CT molecular complexity index is 482. The van der Waals surface area contributed by atoms with Gasteiger partial charge in [0.15, 0.2) is 4.34 Å². The zero-order chi connectivity index (χ0) is 11.5. The van der Waals surface area contributed by atoms with Crippen molar-refractivity contribution >= 4 is 23.3 Å². The summed E-state index contributed by atoms with van der Waals surface area (Å²) >= 11 is 2.93. The van der Waals surface area contributed by atoms with Crippen molar-refractivity contribution in [2.75, 3.05) is 0 Å². The van der Waals surface area contributed by atoms with Crippen LogP contribution in [-0.2, 0) is 0 Å². The molecule has 1 aromatic heterocycles. The molecule has 0 amide bonds. The molecule has 0 aliphatic carbocycles. The maximum atomic E-state index is 9.64. The number of aliphatic hydroxyl groups is 1. The lowest BCUT2D eigenvalue weighted by Crippen LogP contribution is -1.93. The van der Waals surface area contributed by atoms with Gasteiger partial charge in [0.1, 0.15) is 5.82 Å². The van der Waals surface area contributed by atoms with E-state index in [0.29, 0.717) is 0 Å². The quantitative estimate of drug-likeness (QED) is 0.912. The van der Waals surface area contributed by atoms with Gasteiger partial charge in [-0.05, 0) is 37.0 Å². The van der Waals surface area contributed by atoms with Crippen LogP contribution in [0.2, 0.25) is 0 Å². The average molecular weight is 252 g/mol. The van der Waals surface area contributed by atoms with E-state index in [-0.39, 0.29) is 0 Å². The highest BCUT2D eigenvalue weighted by Gasteiger charge is 2.10. The third kappa shape index (κ3) is 2.61. The van der Waals surface area contributed by atoms with Crippen LogP contribution in [0.15, 0.2) is 33.5 Å². The Morgan fingerprint density at radius 1 is 1.38 bits per heavy atom. The molecule has 1 heterocycles. The smallest absolute Gasteiger partial charge is 0.174 e. The summed E-state index contributed by atoms with van der Waals surface area (Å²) in [5.41, 5.74) is 0.931. The number of aliphatic hydroxyl groups excluding tert-OH is 1. The van der Waals surface area contributed by atoms with Gasteiger partial charge in [-0.25, -0.2) is 4.98 Å². The molecule has 84 valence electrons. The van der Waals surface area contributed by atoms with Crippen LogP contribution in [0.1, 0.15) is 24.4 Å². The molecule has 16 heavy (non-hydrogen) atoms. The molecule has 0 bridgehead atoms. The second kappa shape index (κ2) is 4.95. The van der Waals surface area contributed by atoms with Crippen LogP contribution < -0.4 is 0 Å². The Morgan fingerprint density at radius 2 is 2.12 bits per heavy atom. The average Bonchev–Trinajstić information content (AvgIpc) is 2.64. The highest BCUT2D eigenvalue weighted by molar-refractivity contribution is 8.01. The summed E-state index contributed by atoms with van der Waals surface area (Å²) in [6, 6.07) is 7.81. The maximum absolute atomic E-state index is 9.64. The van der Waals surface area contributed by atoms with Crippen LogP contribution in [-0.4, -0.2) is 14.5 Å². The molecular weight excluding hydrogens is 240 g/mol. The number of hydrogen-bond donors (Lipinski definition) is 1. The zero-order valence-corrected chi connectivity index (χ0v) is 10.7. The molecule has 2 rings (SSSR count). The van der Waals surface area contributed by atoms with Gasteiger partial charge in [-0.3, -0.25) is 0 Å². The fourth-order valence-corrected chi connectivity index (χ4v) is 3.16. The lowest BCUT2D eigenvalue weighted by atomic mass is 10.1. The van der Waals surface area contributed by atoms with Crippen LogP contribution in [0.5, 0.6) is 0 Å². The second-order valence-electron chi connectivity index (χ2n) is 3.42. The lowest BCUT2D eigenvalue weighted by Gasteiger charge is -2.09. The Hall–Kier alpha value is -0.910. The summed E-state index contributed by atoms with van der Waals surface area (Å²) in [4.78, 5) is 5.33. The van der Waals surface area contributed by atoms with E-state index in [9.17, 15) is 5.11 Å². The standard InChI is InChI=1S/C11H12N2OS2/c1-7(14)9-5-3-4-6-10(9)15-11-12-8(2)13-16-11/h3-7,14H,1-2H3/t7-/m0/s1. The van der Waals surface area contributed by atoms with E-state index in [2.05, 4.69) is 9.36 Å². The predicted molar refractivity (Wildman–Crippen MR) is 65.8 cm³/mol. The van der Waals surface area contributed by atoms with Gasteiger partial charge in [0.2, 0.25) is 0 Å². The van der Waals surface area contributed by atoms with Gasteiger partial charge in [0.05, 0.1) is 6.10 Å². The maximum Gasteiger partial charge on any atom is 0.174 e. The second-order valence-corrected chi connectivity index (χ2v) is 5.46.